The van der Waals surface area contributed by atoms with E-state index in [0.29, 0.717) is 19.3 Å². The van der Waals surface area contributed by atoms with Crippen LogP contribution in [-0.4, -0.2) is 66.9 Å². The van der Waals surface area contributed by atoms with Crippen LogP contribution >= 0.6 is 15.9 Å². The van der Waals surface area contributed by atoms with E-state index >= 15 is 0 Å². The largest absolute Gasteiger partial charge is 0.347 e. The maximum absolute atomic E-state index is 13.1. The molecule has 142 valence electrons. The third-order valence-electron chi connectivity index (χ3n) is 6.12. The van der Waals surface area contributed by atoms with Crippen LogP contribution in [0.5, 0.6) is 0 Å². The summed E-state index contributed by atoms with van der Waals surface area (Å²) >= 11 is 3.44. The van der Waals surface area contributed by atoms with Gasteiger partial charge in [0, 0.05) is 36.0 Å². The van der Waals surface area contributed by atoms with Gasteiger partial charge in [0.15, 0.2) is 5.79 Å². The van der Waals surface area contributed by atoms with Gasteiger partial charge in [0.05, 0.1) is 19.3 Å². The second-order valence-electron chi connectivity index (χ2n) is 7.65. The SMILES string of the molecule is CN(C(=O)c1ccc(Br)cc1)C1CC2(CCC1N1CCCC1)OCCO2. The Kier molecular flexibility index (Phi) is 5.37. The van der Waals surface area contributed by atoms with Gasteiger partial charge in [0.25, 0.3) is 5.91 Å². The molecule has 26 heavy (non-hydrogen) atoms. The van der Waals surface area contributed by atoms with E-state index in [9.17, 15) is 4.79 Å². The molecule has 0 N–H and O–H groups in total. The summed E-state index contributed by atoms with van der Waals surface area (Å²) in [6, 6.07) is 8.11. The Bertz CT molecular complexity index is 639. The molecule has 2 atom stereocenters. The highest BCUT2D eigenvalue weighted by molar-refractivity contribution is 9.10. The Morgan fingerprint density at radius 3 is 2.50 bits per heavy atom. The molecule has 0 radical (unpaired) electrons. The number of amides is 1. The summed E-state index contributed by atoms with van der Waals surface area (Å²) in [7, 11) is 1.94. The summed E-state index contributed by atoms with van der Waals surface area (Å²) in [5.74, 6) is -0.420. The quantitative estimate of drug-likeness (QED) is 0.749. The third-order valence-corrected chi connectivity index (χ3v) is 6.65. The summed E-state index contributed by atoms with van der Waals surface area (Å²) in [4.78, 5) is 17.6. The van der Waals surface area contributed by atoms with Gasteiger partial charge >= 0.3 is 0 Å². The van der Waals surface area contributed by atoms with Crippen molar-refractivity contribution in [3.05, 3.63) is 34.3 Å². The molecule has 2 heterocycles. The van der Waals surface area contributed by atoms with Gasteiger partial charge in [-0.15, -0.1) is 0 Å². The molecular weight excluding hydrogens is 396 g/mol. The monoisotopic (exact) mass is 422 g/mol. The van der Waals surface area contributed by atoms with Crippen LogP contribution < -0.4 is 0 Å². The first kappa shape index (κ1) is 18.4. The first-order chi connectivity index (χ1) is 12.6. The van der Waals surface area contributed by atoms with E-state index in [0.717, 1.165) is 42.4 Å². The van der Waals surface area contributed by atoms with E-state index in [1.54, 1.807) is 0 Å². The fraction of sp³-hybridized carbons (Fsp3) is 0.650. The van der Waals surface area contributed by atoms with Gasteiger partial charge < -0.3 is 14.4 Å². The molecule has 1 aromatic rings. The number of carbonyl (C=O) groups excluding carboxylic acids is 1. The Morgan fingerprint density at radius 2 is 1.85 bits per heavy atom. The number of nitrogens with zero attached hydrogens (tertiary/aromatic N) is 2. The summed E-state index contributed by atoms with van der Waals surface area (Å²) in [6.45, 7) is 3.59. The lowest BCUT2D eigenvalue weighted by atomic mass is 9.83. The summed E-state index contributed by atoms with van der Waals surface area (Å²) in [6.07, 6.45) is 5.21. The molecule has 0 aromatic heterocycles. The Morgan fingerprint density at radius 1 is 1.19 bits per heavy atom. The van der Waals surface area contributed by atoms with Gasteiger partial charge in [-0.25, -0.2) is 0 Å². The van der Waals surface area contributed by atoms with Crippen molar-refractivity contribution >= 4 is 21.8 Å². The van der Waals surface area contributed by atoms with Crippen LogP contribution in [-0.2, 0) is 9.47 Å². The number of rotatable bonds is 3. The number of likely N-dealkylation sites (N-methyl/N-ethyl adjacent to an activating group) is 1. The van der Waals surface area contributed by atoms with E-state index in [1.807, 2.05) is 36.2 Å². The summed E-state index contributed by atoms with van der Waals surface area (Å²) < 4.78 is 13.0. The van der Waals surface area contributed by atoms with Crippen LogP contribution in [0.3, 0.4) is 0 Å². The molecule has 6 heteroatoms. The number of hydrogen-bond donors (Lipinski definition) is 0. The average molecular weight is 423 g/mol. The topological polar surface area (TPSA) is 42.0 Å². The molecule has 1 saturated carbocycles. The second kappa shape index (κ2) is 7.58. The fourth-order valence-electron chi connectivity index (χ4n) is 4.72. The molecular formula is C20H27BrN2O3. The van der Waals surface area contributed by atoms with Crippen molar-refractivity contribution in [1.29, 1.82) is 0 Å². The van der Waals surface area contributed by atoms with E-state index in [-0.39, 0.29) is 11.9 Å². The lowest BCUT2D eigenvalue weighted by Gasteiger charge is -2.47. The number of halogens is 1. The van der Waals surface area contributed by atoms with Gasteiger partial charge in [0.2, 0.25) is 0 Å². The molecule has 0 bridgehead atoms. The van der Waals surface area contributed by atoms with Gasteiger partial charge in [0.1, 0.15) is 0 Å². The van der Waals surface area contributed by atoms with Crippen molar-refractivity contribution in [2.45, 2.75) is 50.0 Å². The maximum Gasteiger partial charge on any atom is 0.253 e. The highest BCUT2D eigenvalue weighted by Crippen LogP contribution is 2.40. The van der Waals surface area contributed by atoms with Crippen molar-refractivity contribution in [3.8, 4) is 0 Å². The molecule has 2 unspecified atom stereocenters. The lowest BCUT2D eigenvalue weighted by Crippen LogP contribution is -2.58. The minimum atomic E-state index is -0.491. The first-order valence-electron chi connectivity index (χ1n) is 9.63. The molecule has 3 fully saturated rings. The minimum Gasteiger partial charge on any atom is -0.347 e. The highest BCUT2D eigenvalue weighted by Gasteiger charge is 2.48. The summed E-state index contributed by atoms with van der Waals surface area (Å²) in [5, 5.41) is 0. The van der Waals surface area contributed by atoms with Crippen molar-refractivity contribution in [2.75, 3.05) is 33.4 Å². The zero-order valence-corrected chi connectivity index (χ0v) is 16.9. The van der Waals surface area contributed by atoms with Gasteiger partial charge in [-0.1, -0.05) is 15.9 Å². The van der Waals surface area contributed by atoms with E-state index in [4.69, 9.17) is 9.47 Å². The van der Waals surface area contributed by atoms with Crippen molar-refractivity contribution in [3.63, 3.8) is 0 Å². The first-order valence-corrected chi connectivity index (χ1v) is 10.4. The molecule has 3 aliphatic rings. The van der Waals surface area contributed by atoms with Crippen LogP contribution in [0.25, 0.3) is 0 Å². The Labute approximate surface area is 163 Å². The smallest absolute Gasteiger partial charge is 0.253 e. The Balaban J connectivity index is 1.57. The molecule has 4 rings (SSSR count). The van der Waals surface area contributed by atoms with Gasteiger partial charge in [-0.2, -0.15) is 0 Å². The number of hydrogen-bond acceptors (Lipinski definition) is 4. The van der Waals surface area contributed by atoms with E-state index in [2.05, 4.69) is 20.8 Å². The fourth-order valence-corrected chi connectivity index (χ4v) is 4.98. The molecule has 5 nitrogen and oxygen atoms in total. The van der Waals surface area contributed by atoms with E-state index < -0.39 is 5.79 Å². The predicted molar refractivity (Wildman–Crippen MR) is 103 cm³/mol. The highest BCUT2D eigenvalue weighted by atomic mass is 79.9. The normalized spacial score (nSPS) is 28.5. The summed E-state index contributed by atoms with van der Waals surface area (Å²) in [5.41, 5.74) is 0.726. The van der Waals surface area contributed by atoms with Crippen molar-refractivity contribution in [2.24, 2.45) is 0 Å². The van der Waals surface area contributed by atoms with Crippen LogP contribution in [0.2, 0.25) is 0 Å². The van der Waals surface area contributed by atoms with Gasteiger partial charge in [-0.05, 0) is 56.6 Å². The standard InChI is InChI=1S/C20H27BrN2O3/c1-22(19(24)15-4-6-16(21)7-5-15)18-14-20(25-12-13-26-20)9-8-17(18)23-10-2-3-11-23/h4-7,17-18H,2-3,8-14H2,1H3. The number of ether oxygens (including phenoxy) is 2. The third kappa shape index (κ3) is 3.57. The zero-order chi connectivity index (χ0) is 18.1. The van der Waals surface area contributed by atoms with Gasteiger partial charge in [-0.3, -0.25) is 9.69 Å². The van der Waals surface area contributed by atoms with Crippen LogP contribution in [0, 0.1) is 0 Å². The zero-order valence-electron chi connectivity index (χ0n) is 15.3. The molecule has 2 aliphatic heterocycles. The molecule has 1 aromatic carbocycles. The minimum absolute atomic E-state index is 0.0711. The lowest BCUT2D eigenvalue weighted by molar-refractivity contribution is -0.195. The van der Waals surface area contributed by atoms with Crippen molar-refractivity contribution in [1.82, 2.24) is 9.80 Å². The Hall–Kier alpha value is -0.950. The van der Waals surface area contributed by atoms with Crippen molar-refractivity contribution < 1.29 is 14.3 Å². The predicted octanol–water partition coefficient (Wildman–Crippen LogP) is 3.28. The average Bonchev–Trinajstić information content (AvgIpc) is 3.34. The van der Waals surface area contributed by atoms with E-state index in [1.165, 1.54) is 12.8 Å². The molecule has 2 saturated heterocycles. The number of carbonyl (C=O) groups is 1. The molecule has 1 spiro atoms. The van der Waals surface area contributed by atoms with Crippen LogP contribution in [0.15, 0.2) is 28.7 Å². The van der Waals surface area contributed by atoms with Crippen LogP contribution in [0.4, 0.5) is 0 Å². The second-order valence-corrected chi connectivity index (χ2v) is 8.57. The van der Waals surface area contributed by atoms with Crippen LogP contribution in [0.1, 0.15) is 42.5 Å². The number of likely N-dealkylation sites (tertiary alicyclic amines) is 1. The molecule has 1 amide bonds. The molecule has 1 aliphatic carbocycles. The maximum atomic E-state index is 13.1. The number of benzene rings is 1.